The Bertz CT molecular complexity index is 1120. The molecule has 1 amide bonds. The Labute approximate surface area is 210 Å². The minimum Gasteiger partial charge on any atom is -0.351 e. The van der Waals surface area contributed by atoms with Crippen molar-refractivity contribution in [1.29, 1.82) is 0 Å². The van der Waals surface area contributed by atoms with Crippen LogP contribution < -0.4 is 5.32 Å². The van der Waals surface area contributed by atoms with Crippen LogP contribution in [0.3, 0.4) is 0 Å². The second kappa shape index (κ2) is 10.9. The van der Waals surface area contributed by atoms with Gasteiger partial charge in [-0.25, -0.2) is 0 Å². The van der Waals surface area contributed by atoms with Crippen molar-refractivity contribution in [2.24, 2.45) is 0 Å². The summed E-state index contributed by atoms with van der Waals surface area (Å²) in [6.07, 6.45) is 5.61. The fraction of sp³-hybridized carbons (Fsp3) is 0.423. The van der Waals surface area contributed by atoms with Crippen molar-refractivity contribution in [2.45, 2.75) is 55.9 Å². The molecule has 0 unspecified atom stereocenters. The van der Waals surface area contributed by atoms with E-state index in [1.54, 1.807) is 0 Å². The van der Waals surface area contributed by atoms with Crippen LogP contribution in [-0.2, 0) is 11.3 Å². The van der Waals surface area contributed by atoms with Gasteiger partial charge in [0.15, 0.2) is 11.0 Å². The summed E-state index contributed by atoms with van der Waals surface area (Å²) in [7, 11) is 0. The van der Waals surface area contributed by atoms with Crippen molar-refractivity contribution in [3.05, 3.63) is 65.2 Å². The summed E-state index contributed by atoms with van der Waals surface area (Å²) in [6.45, 7) is 2.82. The molecule has 1 saturated heterocycles. The maximum atomic E-state index is 12.8. The lowest BCUT2D eigenvalue weighted by Gasteiger charge is -2.18. The van der Waals surface area contributed by atoms with E-state index >= 15 is 0 Å². The van der Waals surface area contributed by atoms with E-state index in [1.807, 2.05) is 30.3 Å². The Morgan fingerprint density at radius 2 is 1.79 bits per heavy atom. The maximum Gasteiger partial charge on any atom is 0.230 e. The molecular weight excluding hydrogens is 466 g/mol. The van der Waals surface area contributed by atoms with Gasteiger partial charge in [0.25, 0.3) is 0 Å². The van der Waals surface area contributed by atoms with Gasteiger partial charge in [-0.05, 0) is 37.0 Å². The highest BCUT2D eigenvalue weighted by Crippen LogP contribution is 2.38. The smallest absolute Gasteiger partial charge is 0.230 e. The second-order valence-electron chi connectivity index (χ2n) is 9.16. The van der Waals surface area contributed by atoms with E-state index in [0.29, 0.717) is 16.8 Å². The molecule has 5 rings (SSSR count). The van der Waals surface area contributed by atoms with Crippen LogP contribution in [0.5, 0.6) is 0 Å². The largest absolute Gasteiger partial charge is 0.351 e. The number of amides is 1. The molecule has 0 spiro atoms. The van der Waals surface area contributed by atoms with E-state index in [0.717, 1.165) is 55.4 Å². The molecule has 3 aromatic rings. The van der Waals surface area contributed by atoms with Gasteiger partial charge in [0.05, 0.1) is 10.8 Å². The van der Waals surface area contributed by atoms with Gasteiger partial charge in [0, 0.05) is 37.3 Å². The van der Waals surface area contributed by atoms with E-state index in [9.17, 15) is 4.79 Å². The zero-order valence-corrected chi connectivity index (χ0v) is 20.8. The number of rotatable bonds is 8. The summed E-state index contributed by atoms with van der Waals surface area (Å²) in [5.74, 6) is 1.19. The highest BCUT2D eigenvalue weighted by molar-refractivity contribution is 7.99. The predicted octanol–water partition coefficient (Wildman–Crippen LogP) is 5.20. The highest BCUT2D eigenvalue weighted by atomic mass is 35.5. The third kappa shape index (κ3) is 5.48. The van der Waals surface area contributed by atoms with E-state index in [1.165, 1.54) is 30.2 Å². The third-order valence-electron chi connectivity index (χ3n) is 6.69. The van der Waals surface area contributed by atoms with Crippen LogP contribution in [0.1, 0.15) is 43.7 Å². The number of nitrogens with zero attached hydrogens (tertiary/aromatic N) is 4. The van der Waals surface area contributed by atoms with Crippen LogP contribution in [0.2, 0.25) is 5.02 Å². The first kappa shape index (κ1) is 23.4. The summed E-state index contributed by atoms with van der Waals surface area (Å²) in [6, 6.07) is 18.8. The van der Waals surface area contributed by atoms with E-state index in [-0.39, 0.29) is 11.9 Å². The number of benzene rings is 2. The standard InChI is InChI=1S/C26H30ClN5OS/c27-23-13-7-6-12-22(23)25-29-30-26(32(25)21-10-4-5-11-21)34-18-24(33)28-20-14-15-31(17-20)16-19-8-2-1-3-9-19/h1-3,6-9,12-13,20-21H,4-5,10-11,14-18H2,(H,28,33)/t20-/m0/s1. The summed E-state index contributed by atoms with van der Waals surface area (Å²) in [5, 5.41) is 13.7. The second-order valence-corrected chi connectivity index (χ2v) is 10.5. The van der Waals surface area contributed by atoms with Crippen LogP contribution >= 0.6 is 23.4 Å². The Balaban J connectivity index is 1.20. The molecular formula is C26H30ClN5OS. The first-order chi connectivity index (χ1) is 16.7. The first-order valence-electron chi connectivity index (χ1n) is 12.1. The molecule has 2 heterocycles. The summed E-state index contributed by atoms with van der Waals surface area (Å²) in [5.41, 5.74) is 2.20. The number of thioether (sulfide) groups is 1. The van der Waals surface area contributed by atoms with Gasteiger partial charge in [-0.15, -0.1) is 10.2 Å². The quantitative estimate of drug-likeness (QED) is 0.435. The summed E-state index contributed by atoms with van der Waals surface area (Å²) in [4.78, 5) is 15.2. The SMILES string of the molecule is O=C(CSc1nnc(-c2ccccc2Cl)n1C1CCCC1)N[C@H]1CCN(Cc2ccccc2)C1. The third-order valence-corrected chi connectivity index (χ3v) is 7.96. The average molecular weight is 496 g/mol. The van der Waals surface area contributed by atoms with Crippen LogP contribution in [-0.4, -0.2) is 50.5 Å². The number of halogens is 1. The monoisotopic (exact) mass is 495 g/mol. The highest BCUT2D eigenvalue weighted by Gasteiger charge is 2.27. The van der Waals surface area contributed by atoms with Gasteiger partial charge in [0.1, 0.15) is 0 Å². The molecule has 0 bridgehead atoms. The lowest BCUT2D eigenvalue weighted by Crippen LogP contribution is -2.38. The fourth-order valence-electron chi connectivity index (χ4n) is 5.03. The molecule has 1 N–H and O–H groups in total. The molecule has 2 aromatic carbocycles. The molecule has 6 nitrogen and oxygen atoms in total. The lowest BCUT2D eigenvalue weighted by atomic mass is 10.2. The molecule has 1 saturated carbocycles. The Hall–Kier alpha value is -2.35. The molecule has 8 heteroatoms. The van der Waals surface area contributed by atoms with Crippen molar-refractivity contribution < 1.29 is 4.79 Å². The van der Waals surface area contributed by atoms with Gasteiger partial charge >= 0.3 is 0 Å². The summed E-state index contributed by atoms with van der Waals surface area (Å²) < 4.78 is 2.21. The Kier molecular flexibility index (Phi) is 7.52. The predicted molar refractivity (Wildman–Crippen MR) is 137 cm³/mol. The van der Waals surface area contributed by atoms with Crippen molar-refractivity contribution in [2.75, 3.05) is 18.8 Å². The van der Waals surface area contributed by atoms with Gasteiger partial charge in [-0.2, -0.15) is 0 Å². The number of hydrogen-bond acceptors (Lipinski definition) is 5. The van der Waals surface area contributed by atoms with Gasteiger partial charge in [0.2, 0.25) is 5.91 Å². The number of likely N-dealkylation sites (tertiary alicyclic amines) is 1. The molecule has 1 aromatic heterocycles. The van der Waals surface area contributed by atoms with Crippen LogP contribution in [0, 0.1) is 0 Å². The van der Waals surface area contributed by atoms with Gasteiger partial charge < -0.3 is 5.32 Å². The Morgan fingerprint density at radius 3 is 2.59 bits per heavy atom. The molecule has 0 radical (unpaired) electrons. The zero-order chi connectivity index (χ0) is 23.3. The van der Waals surface area contributed by atoms with E-state index < -0.39 is 0 Å². The van der Waals surface area contributed by atoms with Gasteiger partial charge in [-0.1, -0.05) is 78.7 Å². The van der Waals surface area contributed by atoms with Crippen molar-refractivity contribution in [1.82, 2.24) is 25.0 Å². The minimum absolute atomic E-state index is 0.0526. The number of hydrogen-bond donors (Lipinski definition) is 1. The van der Waals surface area contributed by atoms with Gasteiger partial charge in [-0.3, -0.25) is 14.3 Å². The van der Waals surface area contributed by atoms with Crippen molar-refractivity contribution >= 4 is 29.3 Å². The summed E-state index contributed by atoms with van der Waals surface area (Å²) >= 11 is 7.95. The molecule has 178 valence electrons. The van der Waals surface area contributed by atoms with E-state index in [4.69, 9.17) is 11.6 Å². The normalized spacial score (nSPS) is 19.0. The maximum absolute atomic E-state index is 12.8. The molecule has 34 heavy (non-hydrogen) atoms. The number of aromatic nitrogens is 3. The molecule has 1 aliphatic heterocycles. The van der Waals surface area contributed by atoms with Crippen molar-refractivity contribution in [3.8, 4) is 11.4 Å². The minimum atomic E-state index is 0.0526. The van der Waals surface area contributed by atoms with Crippen LogP contribution in [0.15, 0.2) is 59.8 Å². The number of carbonyl (C=O) groups is 1. The number of nitrogens with one attached hydrogen (secondary N) is 1. The first-order valence-corrected chi connectivity index (χ1v) is 13.4. The molecule has 2 aliphatic rings. The fourth-order valence-corrected chi connectivity index (χ4v) is 6.07. The average Bonchev–Trinajstić information content (AvgIpc) is 3.60. The topological polar surface area (TPSA) is 63.1 Å². The Morgan fingerprint density at radius 1 is 1.03 bits per heavy atom. The van der Waals surface area contributed by atoms with Crippen molar-refractivity contribution in [3.63, 3.8) is 0 Å². The molecule has 1 aliphatic carbocycles. The molecule has 2 fully saturated rings. The lowest BCUT2D eigenvalue weighted by molar-refractivity contribution is -0.119. The molecule has 1 atom stereocenters. The number of carbonyl (C=O) groups excluding carboxylic acids is 1. The van der Waals surface area contributed by atoms with Crippen LogP contribution in [0.25, 0.3) is 11.4 Å². The van der Waals surface area contributed by atoms with E-state index in [2.05, 4.69) is 49.2 Å². The van der Waals surface area contributed by atoms with Crippen LogP contribution in [0.4, 0.5) is 0 Å². The zero-order valence-electron chi connectivity index (χ0n) is 19.2.